The number of nitrogens with zero attached hydrogens (tertiary/aromatic N) is 1. The number of nitrogens with one attached hydrogen (secondary N) is 1. The van der Waals surface area contributed by atoms with Crippen LogP contribution in [-0.4, -0.2) is 14.0 Å². The number of nitriles is 1. The van der Waals surface area contributed by atoms with Crippen LogP contribution in [-0.2, 0) is 10.0 Å². The fourth-order valence-corrected chi connectivity index (χ4v) is 4.22. The quantitative estimate of drug-likeness (QED) is 0.931. The van der Waals surface area contributed by atoms with Gasteiger partial charge < -0.3 is 0 Å². The minimum atomic E-state index is -3.58. The van der Waals surface area contributed by atoms with Crippen LogP contribution in [0.4, 0.5) is 0 Å². The molecule has 0 aliphatic heterocycles. The average molecular weight is 292 g/mol. The second-order valence-corrected chi connectivity index (χ2v) is 7.45. The largest absolute Gasteiger partial charge is 0.241 e. The molecule has 0 bridgehead atoms. The van der Waals surface area contributed by atoms with Crippen molar-refractivity contribution in [2.24, 2.45) is 5.92 Å². The zero-order valence-corrected chi connectivity index (χ0v) is 12.7. The molecule has 4 nitrogen and oxygen atoms in total. The van der Waals surface area contributed by atoms with Crippen molar-refractivity contribution >= 4 is 10.0 Å². The van der Waals surface area contributed by atoms with Gasteiger partial charge >= 0.3 is 0 Å². The van der Waals surface area contributed by atoms with Gasteiger partial charge in [-0.05, 0) is 38.8 Å². The molecule has 1 aromatic rings. The van der Waals surface area contributed by atoms with Crippen molar-refractivity contribution in [1.82, 2.24) is 4.72 Å². The SMILES string of the molecule is Cc1ccc(S(=O)(=O)N[C@]2(C)CCCC[C@H]2C#N)cc1. The number of hydrogen-bond donors (Lipinski definition) is 1. The highest BCUT2D eigenvalue weighted by Crippen LogP contribution is 2.34. The van der Waals surface area contributed by atoms with E-state index >= 15 is 0 Å². The summed E-state index contributed by atoms with van der Waals surface area (Å²) in [6.45, 7) is 3.75. The van der Waals surface area contributed by atoms with Crippen molar-refractivity contribution in [3.63, 3.8) is 0 Å². The molecule has 0 spiro atoms. The van der Waals surface area contributed by atoms with E-state index in [0.717, 1.165) is 24.8 Å². The van der Waals surface area contributed by atoms with Crippen molar-refractivity contribution in [1.29, 1.82) is 5.26 Å². The first-order chi connectivity index (χ1) is 9.37. The molecule has 108 valence electrons. The topological polar surface area (TPSA) is 70.0 Å². The Morgan fingerprint density at radius 1 is 1.30 bits per heavy atom. The molecule has 1 fully saturated rings. The van der Waals surface area contributed by atoms with Crippen LogP contribution < -0.4 is 4.72 Å². The summed E-state index contributed by atoms with van der Waals surface area (Å²) in [5, 5.41) is 9.25. The Bertz CT molecular complexity index is 616. The molecule has 1 aliphatic carbocycles. The number of benzene rings is 1. The smallest absolute Gasteiger partial charge is 0.207 e. The van der Waals surface area contributed by atoms with Gasteiger partial charge in [0.15, 0.2) is 0 Å². The van der Waals surface area contributed by atoms with Crippen LogP contribution in [0.1, 0.15) is 38.2 Å². The fraction of sp³-hybridized carbons (Fsp3) is 0.533. The van der Waals surface area contributed by atoms with Crippen molar-refractivity contribution in [3.05, 3.63) is 29.8 Å². The normalized spacial score (nSPS) is 26.9. The third kappa shape index (κ3) is 3.02. The van der Waals surface area contributed by atoms with Crippen LogP contribution in [0, 0.1) is 24.2 Å². The minimum Gasteiger partial charge on any atom is -0.207 e. The van der Waals surface area contributed by atoms with Crippen LogP contribution in [0.25, 0.3) is 0 Å². The van der Waals surface area contributed by atoms with Gasteiger partial charge in [0.05, 0.1) is 16.9 Å². The van der Waals surface area contributed by atoms with E-state index < -0.39 is 15.6 Å². The first kappa shape index (κ1) is 15.0. The fourth-order valence-electron chi connectivity index (χ4n) is 2.75. The zero-order chi connectivity index (χ0) is 14.8. The Morgan fingerprint density at radius 2 is 1.95 bits per heavy atom. The lowest BCUT2D eigenvalue weighted by atomic mass is 9.75. The predicted molar refractivity (Wildman–Crippen MR) is 77.5 cm³/mol. The van der Waals surface area contributed by atoms with E-state index in [1.807, 2.05) is 13.8 Å². The van der Waals surface area contributed by atoms with E-state index in [4.69, 9.17) is 0 Å². The molecule has 2 atom stereocenters. The van der Waals surface area contributed by atoms with E-state index in [9.17, 15) is 13.7 Å². The van der Waals surface area contributed by atoms with Gasteiger partial charge in [-0.25, -0.2) is 13.1 Å². The maximum Gasteiger partial charge on any atom is 0.241 e. The number of sulfonamides is 1. The molecule has 5 heteroatoms. The monoisotopic (exact) mass is 292 g/mol. The summed E-state index contributed by atoms with van der Waals surface area (Å²) in [7, 11) is -3.58. The third-order valence-corrected chi connectivity index (χ3v) is 5.69. The molecule has 0 aromatic heterocycles. The lowest BCUT2D eigenvalue weighted by Gasteiger charge is -2.38. The molecule has 0 radical (unpaired) electrons. The molecule has 0 unspecified atom stereocenters. The molecule has 1 aliphatic rings. The van der Waals surface area contributed by atoms with Crippen LogP contribution in [0.5, 0.6) is 0 Å². The molecule has 1 N–H and O–H groups in total. The van der Waals surface area contributed by atoms with Gasteiger partial charge in [-0.15, -0.1) is 0 Å². The number of rotatable bonds is 3. The Hall–Kier alpha value is -1.38. The maximum absolute atomic E-state index is 12.5. The van der Waals surface area contributed by atoms with E-state index in [1.54, 1.807) is 24.3 Å². The van der Waals surface area contributed by atoms with Gasteiger partial charge in [0.25, 0.3) is 0 Å². The van der Waals surface area contributed by atoms with Gasteiger partial charge in [-0.3, -0.25) is 0 Å². The first-order valence-corrected chi connectivity index (χ1v) is 8.36. The minimum absolute atomic E-state index is 0.256. The average Bonchev–Trinajstić information content (AvgIpc) is 2.38. The number of aryl methyl sites for hydroxylation is 1. The first-order valence-electron chi connectivity index (χ1n) is 6.88. The van der Waals surface area contributed by atoms with Gasteiger partial charge in [0.2, 0.25) is 10.0 Å². The van der Waals surface area contributed by atoms with E-state index in [2.05, 4.69) is 10.8 Å². The van der Waals surface area contributed by atoms with Crippen LogP contribution in [0.2, 0.25) is 0 Å². The van der Waals surface area contributed by atoms with Crippen molar-refractivity contribution in [3.8, 4) is 6.07 Å². The summed E-state index contributed by atoms with van der Waals surface area (Å²) in [5.74, 6) is -0.267. The van der Waals surface area contributed by atoms with E-state index in [-0.39, 0.29) is 10.8 Å². The molecular weight excluding hydrogens is 272 g/mol. The molecule has 2 rings (SSSR count). The summed E-state index contributed by atoms with van der Waals surface area (Å²) < 4.78 is 27.7. The van der Waals surface area contributed by atoms with E-state index in [1.165, 1.54) is 0 Å². The third-order valence-electron chi connectivity index (χ3n) is 4.06. The standard InChI is InChI=1S/C15H20N2O2S/c1-12-6-8-14(9-7-12)20(18,19)17-15(2)10-4-3-5-13(15)11-16/h6-9,13,17H,3-5,10H2,1-2H3/t13-,15+/m0/s1. The second kappa shape index (κ2) is 5.55. The Labute approximate surface area is 120 Å². The van der Waals surface area contributed by atoms with Gasteiger partial charge in [-0.1, -0.05) is 30.5 Å². The summed E-state index contributed by atoms with van der Waals surface area (Å²) in [5.41, 5.74) is 0.346. The molecule has 1 saturated carbocycles. The lowest BCUT2D eigenvalue weighted by molar-refractivity contribution is 0.234. The molecular formula is C15H20N2O2S. The molecule has 20 heavy (non-hydrogen) atoms. The lowest BCUT2D eigenvalue weighted by Crippen LogP contribution is -2.52. The molecule has 0 heterocycles. The van der Waals surface area contributed by atoms with Gasteiger partial charge in [0.1, 0.15) is 0 Å². The van der Waals surface area contributed by atoms with Gasteiger partial charge in [-0.2, -0.15) is 5.26 Å². The van der Waals surface area contributed by atoms with E-state index in [0.29, 0.717) is 6.42 Å². The van der Waals surface area contributed by atoms with Crippen LogP contribution >= 0.6 is 0 Å². The second-order valence-electron chi connectivity index (χ2n) is 5.76. The van der Waals surface area contributed by atoms with Crippen molar-refractivity contribution in [2.45, 2.75) is 50.0 Å². The number of hydrogen-bond acceptors (Lipinski definition) is 3. The maximum atomic E-state index is 12.5. The summed E-state index contributed by atoms with van der Waals surface area (Å²) in [6, 6.07) is 9.01. The summed E-state index contributed by atoms with van der Waals surface area (Å²) >= 11 is 0. The summed E-state index contributed by atoms with van der Waals surface area (Å²) in [4.78, 5) is 0.256. The highest BCUT2D eigenvalue weighted by Gasteiger charge is 2.40. The Morgan fingerprint density at radius 3 is 2.55 bits per heavy atom. The Balaban J connectivity index is 2.27. The predicted octanol–water partition coefficient (Wildman–Crippen LogP) is 2.75. The highest BCUT2D eigenvalue weighted by atomic mass is 32.2. The molecule has 1 aromatic carbocycles. The zero-order valence-electron chi connectivity index (χ0n) is 11.9. The van der Waals surface area contributed by atoms with Gasteiger partial charge in [0, 0.05) is 5.54 Å². The van der Waals surface area contributed by atoms with Crippen LogP contribution in [0.3, 0.4) is 0 Å². The summed E-state index contributed by atoms with van der Waals surface area (Å²) in [6.07, 6.45) is 3.39. The Kier molecular flexibility index (Phi) is 4.17. The van der Waals surface area contributed by atoms with Crippen molar-refractivity contribution in [2.75, 3.05) is 0 Å². The molecule has 0 saturated heterocycles. The molecule has 0 amide bonds. The van der Waals surface area contributed by atoms with Crippen LogP contribution in [0.15, 0.2) is 29.2 Å². The highest BCUT2D eigenvalue weighted by molar-refractivity contribution is 7.89. The van der Waals surface area contributed by atoms with Crippen molar-refractivity contribution < 1.29 is 8.42 Å².